The molecule has 0 aliphatic heterocycles. The topological polar surface area (TPSA) is 32.3 Å². The molecule has 82 valence electrons. The lowest BCUT2D eigenvalue weighted by molar-refractivity contribution is 0.214. The first-order valence-corrected chi connectivity index (χ1v) is 5.12. The Kier molecular flexibility index (Phi) is 3.97. The maximum Gasteiger partial charge on any atom is 0.317 e. The number of nitrogens with one attached hydrogen (secondary N) is 1. The zero-order valence-corrected chi connectivity index (χ0v) is 9.88. The van der Waals surface area contributed by atoms with Gasteiger partial charge < -0.3 is 10.2 Å². The van der Waals surface area contributed by atoms with Crippen molar-refractivity contribution in [1.82, 2.24) is 10.2 Å². The van der Waals surface area contributed by atoms with Crippen molar-refractivity contribution in [3.8, 4) is 0 Å². The number of hydrogen-bond donors (Lipinski definition) is 1. The molecule has 0 radical (unpaired) electrons. The number of carbonyl (C=O) groups is 1. The van der Waals surface area contributed by atoms with Crippen molar-refractivity contribution in [3.05, 3.63) is 34.9 Å². The molecule has 0 aliphatic rings. The summed E-state index contributed by atoms with van der Waals surface area (Å²) in [4.78, 5) is 12.9. The standard InChI is InChI=1S/C11H15ClN2O/c1-8(13-11(15)14(2)3)9-6-4-5-7-10(9)12/h4-8H,1-3H3,(H,13,15). The van der Waals surface area contributed by atoms with E-state index in [0.717, 1.165) is 5.56 Å². The predicted molar refractivity (Wildman–Crippen MR) is 62.1 cm³/mol. The Morgan fingerprint density at radius 3 is 2.53 bits per heavy atom. The van der Waals surface area contributed by atoms with Crippen LogP contribution in [0, 0.1) is 0 Å². The third-order valence-corrected chi connectivity index (χ3v) is 2.46. The van der Waals surface area contributed by atoms with Crippen molar-refractivity contribution in [2.75, 3.05) is 14.1 Å². The van der Waals surface area contributed by atoms with Gasteiger partial charge in [0.15, 0.2) is 0 Å². The summed E-state index contributed by atoms with van der Waals surface area (Å²) in [5, 5.41) is 3.51. The van der Waals surface area contributed by atoms with Crippen molar-refractivity contribution < 1.29 is 4.79 Å². The van der Waals surface area contributed by atoms with Crippen LogP contribution in [-0.2, 0) is 0 Å². The summed E-state index contributed by atoms with van der Waals surface area (Å²) in [5.41, 5.74) is 0.925. The number of nitrogens with zero attached hydrogens (tertiary/aromatic N) is 1. The number of urea groups is 1. The van der Waals surface area contributed by atoms with Crippen LogP contribution >= 0.6 is 11.6 Å². The molecule has 0 bridgehead atoms. The van der Waals surface area contributed by atoms with Gasteiger partial charge in [-0.1, -0.05) is 29.8 Å². The van der Waals surface area contributed by atoms with Crippen molar-refractivity contribution in [2.45, 2.75) is 13.0 Å². The number of carbonyl (C=O) groups excluding carboxylic acids is 1. The summed E-state index contributed by atoms with van der Waals surface area (Å²) in [6, 6.07) is 7.28. The second-order valence-electron chi connectivity index (χ2n) is 3.59. The summed E-state index contributed by atoms with van der Waals surface area (Å²) in [7, 11) is 3.41. The number of amides is 2. The molecule has 1 rings (SSSR count). The van der Waals surface area contributed by atoms with E-state index in [1.807, 2.05) is 31.2 Å². The van der Waals surface area contributed by atoms with Gasteiger partial charge in [0.1, 0.15) is 0 Å². The van der Waals surface area contributed by atoms with Gasteiger partial charge in [0.2, 0.25) is 0 Å². The van der Waals surface area contributed by atoms with E-state index in [1.165, 1.54) is 4.90 Å². The van der Waals surface area contributed by atoms with Crippen LogP contribution in [0.2, 0.25) is 5.02 Å². The molecule has 0 saturated heterocycles. The van der Waals surface area contributed by atoms with Gasteiger partial charge in [-0.3, -0.25) is 0 Å². The highest BCUT2D eigenvalue weighted by molar-refractivity contribution is 6.31. The molecular formula is C11H15ClN2O. The summed E-state index contributed by atoms with van der Waals surface area (Å²) < 4.78 is 0. The first kappa shape index (κ1) is 11.9. The molecule has 0 saturated carbocycles. The lowest BCUT2D eigenvalue weighted by Gasteiger charge is -2.18. The van der Waals surface area contributed by atoms with E-state index in [-0.39, 0.29) is 12.1 Å². The van der Waals surface area contributed by atoms with Crippen LogP contribution < -0.4 is 5.32 Å². The largest absolute Gasteiger partial charge is 0.331 e. The lowest BCUT2D eigenvalue weighted by Crippen LogP contribution is -2.36. The Labute approximate surface area is 95.0 Å². The molecule has 0 fully saturated rings. The average Bonchev–Trinajstić information content (AvgIpc) is 2.18. The van der Waals surface area contributed by atoms with E-state index in [4.69, 9.17) is 11.6 Å². The highest BCUT2D eigenvalue weighted by Gasteiger charge is 2.12. The van der Waals surface area contributed by atoms with Crippen LogP contribution in [0.3, 0.4) is 0 Å². The fourth-order valence-corrected chi connectivity index (χ4v) is 1.52. The Balaban J connectivity index is 2.73. The fraction of sp³-hybridized carbons (Fsp3) is 0.364. The third kappa shape index (κ3) is 3.13. The van der Waals surface area contributed by atoms with Gasteiger partial charge in [-0.25, -0.2) is 4.79 Å². The van der Waals surface area contributed by atoms with Gasteiger partial charge in [0.05, 0.1) is 6.04 Å². The van der Waals surface area contributed by atoms with Gasteiger partial charge in [-0.15, -0.1) is 0 Å². The van der Waals surface area contributed by atoms with Gasteiger partial charge in [0.25, 0.3) is 0 Å². The summed E-state index contributed by atoms with van der Waals surface area (Å²) in [5.74, 6) is 0. The van der Waals surface area contributed by atoms with Gasteiger partial charge >= 0.3 is 6.03 Å². The number of halogens is 1. The van der Waals surface area contributed by atoms with E-state index in [2.05, 4.69) is 5.32 Å². The Morgan fingerprint density at radius 1 is 1.40 bits per heavy atom. The summed E-state index contributed by atoms with van der Waals surface area (Å²) in [6.45, 7) is 1.91. The van der Waals surface area contributed by atoms with Crippen molar-refractivity contribution in [1.29, 1.82) is 0 Å². The molecule has 3 nitrogen and oxygen atoms in total. The highest BCUT2D eigenvalue weighted by atomic mass is 35.5. The second kappa shape index (κ2) is 5.03. The van der Waals surface area contributed by atoms with E-state index in [0.29, 0.717) is 5.02 Å². The second-order valence-corrected chi connectivity index (χ2v) is 3.99. The molecule has 0 heterocycles. The van der Waals surface area contributed by atoms with Crippen LogP contribution in [0.15, 0.2) is 24.3 Å². The van der Waals surface area contributed by atoms with Crippen LogP contribution in [-0.4, -0.2) is 25.0 Å². The lowest BCUT2D eigenvalue weighted by atomic mass is 10.1. The van der Waals surface area contributed by atoms with Gasteiger partial charge in [-0.2, -0.15) is 0 Å². The monoisotopic (exact) mass is 226 g/mol. The number of benzene rings is 1. The minimum atomic E-state index is -0.123. The molecule has 0 spiro atoms. The Morgan fingerprint density at radius 2 is 2.00 bits per heavy atom. The minimum Gasteiger partial charge on any atom is -0.331 e. The first-order chi connectivity index (χ1) is 7.02. The van der Waals surface area contributed by atoms with Crippen molar-refractivity contribution >= 4 is 17.6 Å². The third-order valence-electron chi connectivity index (χ3n) is 2.12. The quantitative estimate of drug-likeness (QED) is 0.826. The average molecular weight is 227 g/mol. The van der Waals surface area contributed by atoms with Crippen molar-refractivity contribution in [2.24, 2.45) is 0 Å². The summed E-state index contributed by atoms with van der Waals surface area (Å²) >= 11 is 6.02. The maximum absolute atomic E-state index is 11.4. The zero-order valence-electron chi connectivity index (χ0n) is 9.12. The fourth-order valence-electron chi connectivity index (χ4n) is 1.22. The van der Waals surface area contributed by atoms with Crippen LogP contribution in [0.4, 0.5) is 4.79 Å². The first-order valence-electron chi connectivity index (χ1n) is 4.74. The minimum absolute atomic E-state index is 0.0893. The highest BCUT2D eigenvalue weighted by Crippen LogP contribution is 2.21. The number of hydrogen-bond acceptors (Lipinski definition) is 1. The van der Waals surface area contributed by atoms with E-state index in [1.54, 1.807) is 14.1 Å². The normalized spacial score (nSPS) is 12.0. The molecule has 4 heteroatoms. The van der Waals surface area contributed by atoms with Crippen molar-refractivity contribution in [3.63, 3.8) is 0 Å². The zero-order chi connectivity index (χ0) is 11.4. The number of rotatable bonds is 2. The van der Waals surface area contributed by atoms with E-state index < -0.39 is 0 Å². The van der Waals surface area contributed by atoms with Crippen LogP contribution in [0.25, 0.3) is 0 Å². The Bertz CT molecular complexity index is 352. The van der Waals surface area contributed by atoms with E-state index >= 15 is 0 Å². The molecule has 1 N–H and O–H groups in total. The molecule has 15 heavy (non-hydrogen) atoms. The molecule has 1 aromatic rings. The predicted octanol–water partition coefficient (Wildman–Crippen LogP) is 2.67. The van der Waals surface area contributed by atoms with Gasteiger partial charge in [-0.05, 0) is 18.6 Å². The SMILES string of the molecule is CC(NC(=O)N(C)C)c1ccccc1Cl. The maximum atomic E-state index is 11.4. The van der Waals surface area contributed by atoms with E-state index in [9.17, 15) is 4.79 Å². The smallest absolute Gasteiger partial charge is 0.317 e. The van der Waals surface area contributed by atoms with Crippen LogP contribution in [0.5, 0.6) is 0 Å². The summed E-state index contributed by atoms with van der Waals surface area (Å²) in [6.07, 6.45) is 0. The molecular weight excluding hydrogens is 212 g/mol. The molecule has 1 atom stereocenters. The molecule has 1 unspecified atom stereocenters. The molecule has 0 aromatic heterocycles. The van der Waals surface area contributed by atoms with Gasteiger partial charge in [0, 0.05) is 19.1 Å². The molecule has 2 amide bonds. The molecule has 0 aliphatic carbocycles. The molecule has 1 aromatic carbocycles. The van der Waals surface area contributed by atoms with Crippen LogP contribution in [0.1, 0.15) is 18.5 Å². The Hall–Kier alpha value is -1.22.